The van der Waals surface area contributed by atoms with Gasteiger partial charge in [0.1, 0.15) is 0 Å². The molecule has 1 aliphatic heterocycles. The van der Waals surface area contributed by atoms with E-state index in [1.165, 1.54) is 19.3 Å². The van der Waals surface area contributed by atoms with Crippen molar-refractivity contribution >= 4 is 6.03 Å². The Morgan fingerprint density at radius 3 is 2.11 bits per heavy atom. The Hall–Kier alpha value is -4.05. The third-order valence-electron chi connectivity index (χ3n) is 13.3. The predicted octanol–water partition coefficient (Wildman–Crippen LogP) is 8.46. The van der Waals surface area contributed by atoms with Gasteiger partial charge in [0, 0.05) is 36.2 Å². The number of amides is 2. The van der Waals surface area contributed by atoms with E-state index < -0.39 is 12.4 Å². The first-order chi connectivity index (χ1) is 26.7. The van der Waals surface area contributed by atoms with Crippen molar-refractivity contribution in [3.05, 3.63) is 131 Å². The Kier molecular flexibility index (Phi) is 11.2. The molecule has 0 spiro atoms. The fourth-order valence-corrected chi connectivity index (χ4v) is 10.4. The number of rotatable bonds is 12. The fraction of sp³-hybridized carbons (Fsp3) is 0.468. The lowest BCUT2D eigenvalue weighted by Crippen LogP contribution is -2.61. The molecule has 6 atom stereocenters. The molecule has 6 unspecified atom stereocenters. The molecule has 290 valence electrons. The van der Waals surface area contributed by atoms with Gasteiger partial charge in [0.25, 0.3) is 0 Å². The van der Waals surface area contributed by atoms with Gasteiger partial charge in [-0.25, -0.2) is 4.79 Å². The number of hydrogen-bond acceptors (Lipinski definition) is 6. The monoisotopic (exact) mass is 743 g/mol. The molecule has 0 radical (unpaired) electrons. The summed E-state index contributed by atoms with van der Waals surface area (Å²) in [6.45, 7) is 5.25. The number of hydrogen-bond donors (Lipinski definition) is 4. The van der Waals surface area contributed by atoms with E-state index >= 15 is 0 Å². The van der Waals surface area contributed by atoms with Crippen molar-refractivity contribution < 1.29 is 24.5 Å². The fourth-order valence-electron chi connectivity index (χ4n) is 10.4. The number of urea groups is 1. The minimum Gasteiger partial charge on any atom is -0.392 e. The Morgan fingerprint density at radius 2 is 1.45 bits per heavy atom. The van der Waals surface area contributed by atoms with Crippen molar-refractivity contribution in [1.29, 1.82) is 0 Å². The van der Waals surface area contributed by atoms with Crippen molar-refractivity contribution in [1.82, 2.24) is 15.5 Å². The first-order valence-corrected chi connectivity index (χ1v) is 20.3. The zero-order chi connectivity index (χ0) is 38.1. The maximum atomic E-state index is 13.3. The number of ether oxygens (including phenoxy) is 2. The highest BCUT2D eigenvalue weighted by Gasteiger charge is 2.51. The SMILES string of the molecule is CC1C(CN(C)C(C)C(O)c2ccccc2)OC(c2ccc(-c3ccccc3CNC(=O)NC34CC5CC(CC(C5)C3)C4)cc2)OC1c1ccc(CO)cc1. The third-order valence-corrected chi connectivity index (χ3v) is 13.3. The summed E-state index contributed by atoms with van der Waals surface area (Å²) >= 11 is 0. The highest BCUT2D eigenvalue weighted by atomic mass is 16.7. The lowest BCUT2D eigenvalue weighted by Gasteiger charge is -2.56. The molecule has 5 fully saturated rings. The van der Waals surface area contributed by atoms with Crippen LogP contribution in [0.15, 0.2) is 103 Å². The molecule has 0 aromatic heterocycles. The summed E-state index contributed by atoms with van der Waals surface area (Å²) in [5.74, 6) is 2.35. The van der Waals surface area contributed by atoms with Gasteiger partial charge in [0.15, 0.2) is 6.29 Å². The molecule has 9 rings (SSSR count). The molecule has 1 heterocycles. The number of benzene rings is 4. The zero-order valence-electron chi connectivity index (χ0n) is 32.4. The van der Waals surface area contributed by atoms with Crippen LogP contribution < -0.4 is 10.6 Å². The summed E-state index contributed by atoms with van der Waals surface area (Å²) in [6, 6.07) is 34.2. The minimum absolute atomic E-state index is 0.0112. The first kappa shape index (κ1) is 37.9. The van der Waals surface area contributed by atoms with Gasteiger partial charge in [0.2, 0.25) is 0 Å². The average molecular weight is 744 g/mol. The van der Waals surface area contributed by atoms with Gasteiger partial charge in [-0.05, 0) is 104 Å². The average Bonchev–Trinajstić information content (AvgIpc) is 3.20. The molecule has 1 saturated heterocycles. The first-order valence-electron chi connectivity index (χ1n) is 20.3. The maximum absolute atomic E-state index is 13.3. The van der Waals surface area contributed by atoms with E-state index in [9.17, 15) is 15.0 Å². The molecular formula is C47H57N3O5. The Balaban J connectivity index is 0.967. The van der Waals surface area contributed by atoms with E-state index in [1.807, 2.05) is 80.7 Å². The number of carbonyl (C=O) groups is 1. The van der Waals surface area contributed by atoms with E-state index in [1.54, 1.807) is 0 Å². The maximum Gasteiger partial charge on any atom is 0.315 e. The van der Waals surface area contributed by atoms with Crippen molar-refractivity contribution in [2.45, 2.75) is 102 Å². The Bertz CT molecular complexity index is 1860. The number of nitrogens with zero attached hydrogens (tertiary/aromatic N) is 1. The summed E-state index contributed by atoms with van der Waals surface area (Å²) in [6.07, 6.45) is 5.78. The van der Waals surface area contributed by atoms with Crippen LogP contribution in [0.3, 0.4) is 0 Å². The second-order valence-electron chi connectivity index (χ2n) is 17.1. The molecular weight excluding hydrogens is 687 g/mol. The largest absolute Gasteiger partial charge is 0.392 e. The summed E-state index contributed by atoms with van der Waals surface area (Å²) in [5.41, 5.74) is 6.88. The number of aliphatic hydroxyl groups is 2. The molecule has 4 bridgehead atoms. The van der Waals surface area contributed by atoms with Crippen LogP contribution in [0.4, 0.5) is 4.79 Å². The summed E-state index contributed by atoms with van der Waals surface area (Å²) < 4.78 is 13.5. The third kappa shape index (κ3) is 8.25. The van der Waals surface area contributed by atoms with Crippen LogP contribution in [-0.4, -0.2) is 52.4 Å². The van der Waals surface area contributed by atoms with E-state index in [4.69, 9.17) is 9.47 Å². The van der Waals surface area contributed by atoms with Gasteiger partial charge < -0.3 is 30.3 Å². The molecule has 5 aliphatic rings. The van der Waals surface area contributed by atoms with Gasteiger partial charge in [-0.3, -0.25) is 4.90 Å². The predicted molar refractivity (Wildman–Crippen MR) is 215 cm³/mol. The van der Waals surface area contributed by atoms with Crippen molar-refractivity contribution in [3.63, 3.8) is 0 Å². The van der Waals surface area contributed by atoms with Gasteiger partial charge in [-0.15, -0.1) is 0 Å². The molecule has 8 nitrogen and oxygen atoms in total. The normalized spacial score (nSPS) is 29.5. The Labute approximate surface area is 326 Å². The van der Waals surface area contributed by atoms with Crippen molar-refractivity contribution in [2.24, 2.45) is 23.7 Å². The second-order valence-corrected chi connectivity index (χ2v) is 17.1. The van der Waals surface area contributed by atoms with Crippen LogP contribution in [0.1, 0.15) is 98.7 Å². The molecule has 4 aromatic rings. The van der Waals surface area contributed by atoms with Crippen LogP contribution in [0, 0.1) is 23.7 Å². The molecule has 2 amide bonds. The highest BCUT2D eigenvalue weighted by molar-refractivity contribution is 5.76. The smallest absolute Gasteiger partial charge is 0.315 e. The molecule has 4 saturated carbocycles. The van der Waals surface area contributed by atoms with Gasteiger partial charge >= 0.3 is 6.03 Å². The van der Waals surface area contributed by atoms with Crippen LogP contribution in [0.5, 0.6) is 0 Å². The minimum atomic E-state index is -0.638. The van der Waals surface area contributed by atoms with Crippen LogP contribution in [0.25, 0.3) is 11.1 Å². The number of likely N-dealkylation sites (N-methyl/N-ethyl adjacent to an activating group) is 1. The molecule has 4 aromatic carbocycles. The van der Waals surface area contributed by atoms with Gasteiger partial charge in [-0.2, -0.15) is 0 Å². The summed E-state index contributed by atoms with van der Waals surface area (Å²) in [7, 11) is 2.04. The van der Waals surface area contributed by atoms with E-state index in [0.29, 0.717) is 13.1 Å². The number of carbonyl (C=O) groups excluding carboxylic acids is 1. The standard InChI is InChI=1S/C47H57N3O5/c1-30-42(28-50(3)31(2)43(52)37-9-5-4-6-10-37)54-45(55-44(30)38-15-13-32(29-51)14-16-38)39-19-17-36(18-20-39)41-12-8-7-11-40(41)27-48-46(53)49-47-24-33-21-34(25-47)23-35(22-33)26-47/h4-20,30-31,33-35,42-45,51-52H,21-29H2,1-3H3,(H2,48,49,53). The van der Waals surface area contributed by atoms with Crippen molar-refractivity contribution in [2.75, 3.05) is 13.6 Å². The van der Waals surface area contributed by atoms with E-state index in [0.717, 1.165) is 76.0 Å². The van der Waals surface area contributed by atoms with Crippen molar-refractivity contribution in [3.8, 4) is 11.1 Å². The lowest BCUT2D eigenvalue weighted by atomic mass is 9.53. The van der Waals surface area contributed by atoms with Gasteiger partial charge in [-0.1, -0.05) is 110 Å². The van der Waals surface area contributed by atoms with Crippen LogP contribution >= 0.6 is 0 Å². The number of nitrogens with one attached hydrogen (secondary N) is 2. The van der Waals surface area contributed by atoms with E-state index in [2.05, 4.69) is 58.9 Å². The Morgan fingerprint density at radius 1 is 0.836 bits per heavy atom. The molecule has 8 heteroatoms. The second kappa shape index (κ2) is 16.2. The quantitative estimate of drug-likeness (QED) is 0.116. The highest BCUT2D eigenvalue weighted by Crippen LogP contribution is 2.55. The molecule has 55 heavy (non-hydrogen) atoms. The van der Waals surface area contributed by atoms with Crippen LogP contribution in [0.2, 0.25) is 0 Å². The van der Waals surface area contributed by atoms with E-state index in [-0.39, 0.29) is 42.3 Å². The lowest BCUT2D eigenvalue weighted by molar-refractivity contribution is -0.276. The summed E-state index contributed by atoms with van der Waals surface area (Å²) in [5, 5.41) is 27.6. The topological polar surface area (TPSA) is 103 Å². The molecule has 4 aliphatic carbocycles. The van der Waals surface area contributed by atoms with Crippen LogP contribution in [-0.2, 0) is 22.6 Å². The zero-order valence-corrected chi connectivity index (χ0v) is 32.4. The number of aliphatic hydroxyl groups excluding tert-OH is 2. The van der Waals surface area contributed by atoms with Gasteiger partial charge in [0.05, 0.1) is 24.9 Å². The molecule has 4 N–H and O–H groups in total. The summed E-state index contributed by atoms with van der Waals surface area (Å²) in [4.78, 5) is 15.5.